The van der Waals surface area contributed by atoms with Crippen LogP contribution >= 0.6 is 7.82 Å². The molecule has 2 atom stereocenters. The molecular formula is C92H170NO8P. The highest BCUT2D eigenvalue weighted by molar-refractivity contribution is 7.45. The van der Waals surface area contributed by atoms with E-state index in [-0.39, 0.29) is 32.0 Å². The van der Waals surface area contributed by atoms with Crippen LogP contribution in [0.25, 0.3) is 0 Å². The van der Waals surface area contributed by atoms with Gasteiger partial charge in [-0.05, 0) is 70.6 Å². The fourth-order valence-corrected chi connectivity index (χ4v) is 14.0. The summed E-state index contributed by atoms with van der Waals surface area (Å²) in [5, 5.41) is 0. The molecular weight excluding hydrogens is 1280 g/mol. The third-order valence-electron chi connectivity index (χ3n) is 19.9. The van der Waals surface area contributed by atoms with E-state index >= 15 is 0 Å². The smallest absolute Gasteiger partial charge is 0.306 e. The van der Waals surface area contributed by atoms with Gasteiger partial charge in [0.2, 0.25) is 0 Å². The number of rotatable bonds is 83. The lowest BCUT2D eigenvalue weighted by Gasteiger charge is -2.28. The first-order valence-corrected chi connectivity index (χ1v) is 45.8. The molecule has 0 bridgehead atoms. The summed E-state index contributed by atoms with van der Waals surface area (Å²) in [6, 6.07) is 0. The molecule has 0 spiro atoms. The highest BCUT2D eigenvalue weighted by Gasteiger charge is 2.22. The molecule has 596 valence electrons. The molecule has 9 nitrogen and oxygen atoms in total. The minimum absolute atomic E-state index is 0.0293. The van der Waals surface area contributed by atoms with E-state index in [1.54, 1.807) is 0 Å². The molecule has 2 unspecified atom stereocenters. The number of allylic oxidation sites excluding steroid dienone is 14. The molecule has 0 saturated carbocycles. The molecule has 102 heavy (non-hydrogen) atoms. The van der Waals surface area contributed by atoms with Crippen molar-refractivity contribution >= 4 is 19.8 Å². The first kappa shape index (κ1) is 99.2. The third-order valence-corrected chi connectivity index (χ3v) is 20.9. The zero-order valence-corrected chi connectivity index (χ0v) is 69.2. The summed E-state index contributed by atoms with van der Waals surface area (Å²) in [6.45, 7) is 4.20. The second-order valence-corrected chi connectivity index (χ2v) is 32.7. The molecule has 0 saturated heterocycles. The Morgan fingerprint density at radius 1 is 0.314 bits per heavy atom. The van der Waals surface area contributed by atoms with Crippen LogP contribution < -0.4 is 4.89 Å². The Balaban J connectivity index is 3.88. The van der Waals surface area contributed by atoms with E-state index in [0.717, 1.165) is 83.5 Å². The number of esters is 2. The van der Waals surface area contributed by atoms with E-state index < -0.39 is 26.5 Å². The van der Waals surface area contributed by atoms with Crippen molar-refractivity contribution in [3.05, 3.63) is 85.1 Å². The zero-order valence-electron chi connectivity index (χ0n) is 68.3. The van der Waals surface area contributed by atoms with Crippen LogP contribution in [0.15, 0.2) is 85.1 Å². The lowest BCUT2D eigenvalue weighted by molar-refractivity contribution is -0.870. The van der Waals surface area contributed by atoms with Crippen LogP contribution in [0.4, 0.5) is 0 Å². The minimum Gasteiger partial charge on any atom is -0.756 e. The average molecular weight is 1450 g/mol. The zero-order chi connectivity index (χ0) is 74.0. The maximum Gasteiger partial charge on any atom is 0.306 e. The standard InChI is InChI=1S/C92H170NO8P/c1-6-8-10-12-14-16-18-20-22-24-26-28-30-32-34-36-38-40-42-44-45-46-47-49-51-53-55-57-59-61-63-65-67-69-71-73-75-77-79-81-83-85-92(95)101-90(89-100-102(96,97)99-87-86-93(3,4)5)88-98-91(94)84-82-80-78-76-74-72-70-68-66-64-62-60-58-56-54-52-50-48-43-41-39-37-35-33-31-29-27-25-23-21-19-17-15-13-11-9-7-2/h8,10,14,16,20,22,26,28,32,34,38,40,44-45,90H,6-7,9,11-13,15,17-19,21,23-25,27,29-31,33,35-37,39,41-43,46-89H2,1-5H3/b10-8-,16-14-,22-20-,28-26-,34-32-,40-38-,45-44-. The summed E-state index contributed by atoms with van der Waals surface area (Å²) in [6.07, 6.45) is 115. The Labute approximate surface area is 634 Å². The van der Waals surface area contributed by atoms with Crippen LogP contribution in [0.2, 0.25) is 0 Å². The van der Waals surface area contributed by atoms with Gasteiger partial charge in [-0.15, -0.1) is 0 Å². The van der Waals surface area contributed by atoms with Gasteiger partial charge in [-0.1, -0.05) is 439 Å². The van der Waals surface area contributed by atoms with E-state index in [9.17, 15) is 19.0 Å². The Morgan fingerprint density at radius 3 is 0.833 bits per heavy atom. The predicted octanol–water partition coefficient (Wildman–Crippen LogP) is 29.3. The van der Waals surface area contributed by atoms with Crippen LogP contribution in [0.3, 0.4) is 0 Å². The van der Waals surface area contributed by atoms with Crippen LogP contribution in [-0.4, -0.2) is 70.0 Å². The van der Waals surface area contributed by atoms with Crippen LogP contribution in [0.5, 0.6) is 0 Å². The fraction of sp³-hybridized carbons (Fsp3) is 0.826. The normalized spacial score (nSPS) is 13.4. The van der Waals surface area contributed by atoms with Crippen molar-refractivity contribution in [3.8, 4) is 0 Å². The molecule has 0 aliphatic rings. The Kier molecular flexibility index (Phi) is 80.0. The summed E-state index contributed by atoms with van der Waals surface area (Å²) in [7, 11) is 1.19. The highest BCUT2D eigenvalue weighted by atomic mass is 31.2. The molecule has 10 heteroatoms. The largest absolute Gasteiger partial charge is 0.756 e. The van der Waals surface area contributed by atoms with Crippen molar-refractivity contribution in [2.45, 2.75) is 444 Å². The molecule has 0 rings (SSSR count). The molecule has 0 fully saturated rings. The van der Waals surface area contributed by atoms with Crippen LogP contribution in [0, 0.1) is 0 Å². The number of ether oxygens (including phenoxy) is 2. The van der Waals surface area contributed by atoms with E-state index in [4.69, 9.17) is 18.5 Å². The van der Waals surface area contributed by atoms with Crippen molar-refractivity contribution < 1.29 is 42.1 Å². The summed E-state index contributed by atoms with van der Waals surface area (Å²) in [4.78, 5) is 38.3. The topological polar surface area (TPSA) is 111 Å². The summed E-state index contributed by atoms with van der Waals surface area (Å²) in [5.74, 6) is -0.810. The molecule has 0 aromatic carbocycles. The van der Waals surface area contributed by atoms with Crippen molar-refractivity contribution in [2.75, 3.05) is 47.5 Å². The average Bonchev–Trinajstić information content (AvgIpc) is 0.916. The highest BCUT2D eigenvalue weighted by Crippen LogP contribution is 2.38. The van der Waals surface area contributed by atoms with E-state index in [1.165, 1.54) is 321 Å². The monoisotopic (exact) mass is 1450 g/mol. The van der Waals surface area contributed by atoms with Gasteiger partial charge in [0.15, 0.2) is 6.10 Å². The van der Waals surface area contributed by atoms with Crippen LogP contribution in [0.1, 0.15) is 438 Å². The third kappa shape index (κ3) is 86.1. The van der Waals surface area contributed by atoms with Gasteiger partial charge in [0.05, 0.1) is 27.7 Å². The van der Waals surface area contributed by atoms with Gasteiger partial charge in [0.25, 0.3) is 7.82 Å². The lowest BCUT2D eigenvalue weighted by Crippen LogP contribution is -2.37. The summed E-state index contributed by atoms with van der Waals surface area (Å²) < 4.78 is 34.5. The van der Waals surface area contributed by atoms with Crippen molar-refractivity contribution in [3.63, 3.8) is 0 Å². The Morgan fingerprint density at radius 2 is 0.559 bits per heavy atom. The van der Waals surface area contributed by atoms with Crippen LogP contribution in [-0.2, 0) is 32.7 Å². The van der Waals surface area contributed by atoms with E-state index in [0.29, 0.717) is 17.4 Å². The molecule has 0 aromatic rings. The molecule has 0 aliphatic heterocycles. The number of hydrogen-bond acceptors (Lipinski definition) is 8. The Hall–Kier alpha value is -2.81. The first-order valence-electron chi connectivity index (χ1n) is 44.3. The first-order chi connectivity index (χ1) is 50.0. The number of carbonyl (C=O) groups excluding carboxylic acids is 2. The summed E-state index contributed by atoms with van der Waals surface area (Å²) >= 11 is 0. The molecule has 0 amide bonds. The van der Waals surface area contributed by atoms with Gasteiger partial charge in [0.1, 0.15) is 19.8 Å². The number of likely N-dealkylation sites (N-methyl/N-ethyl adjacent to an activating group) is 1. The van der Waals surface area contributed by atoms with Gasteiger partial charge in [-0.2, -0.15) is 0 Å². The number of unbranched alkanes of at least 4 members (excludes halogenated alkanes) is 55. The van der Waals surface area contributed by atoms with E-state index in [2.05, 4.69) is 98.9 Å². The molecule has 0 aromatic heterocycles. The van der Waals surface area contributed by atoms with Gasteiger partial charge in [-0.3, -0.25) is 14.2 Å². The van der Waals surface area contributed by atoms with Gasteiger partial charge in [0, 0.05) is 12.8 Å². The van der Waals surface area contributed by atoms with Crippen molar-refractivity contribution in [1.82, 2.24) is 0 Å². The maximum absolute atomic E-state index is 12.9. The molecule has 0 heterocycles. The van der Waals surface area contributed by atoms with Gasteiger partial charge in [-0.25, -0.2) is 0 Å². The second kappa shape index (κ2) is 82.3. The minimum atomic E-state index is -4.65. The number of hydrogen-bond donors (Lipinski definition) is 0. The predicted molar refractivity (Wildman–Crippen MR) is 443 cm³/mol. The number of phosphoric ester groups is 1. The van der Waals surface area contributed by atoms with Crippen molar-refractivity contribution in [2.24, 2.45) is 0 Å². The number of nitrogens with zero attached hydrogens (tertiary/aromatic N) is 1. The maximum atomic E-state index is 12.9. The van der Waals surface area contributed by atoms with Crippen molar-refractivity contribution in [1.29, 1.82) is 0 Å². The number of quaternary nitrogens is 1. The SMILES string of the molecule is CC/C=C\C/C=C\C/C=C\C/C=C\C/C=C\C/C=C\C/C=C\CCCCCCCCCCCCCCCCCCCCCC(=O)OC(COC(=O)CCCCCCCCCCCCCCCCCCCCCCCCCCCCCCCCCCCCCCC)COP(=O)([O-])OCC[N+](C)(C)C. The quantitative estimate of drug-likeness (QED) is 0.0195. The number of phosphoric acid groups is 1. The summed E-state index contributed by atoms with van der Waals surface area (Å²) in [5.41, 5.74) is 0. The van der Waals surface area contributed by atoms with Gasteiger partial charge < -0.3 is 27.9 Å². The fourth-order valence-electron chi connectivity index (χ4n) is 13.2. The van der Waals surface area contributed by atoms with E-state index in [1.807, 2.05) is 21.1 Å². The lowest BCUT2D eigenvalue weighted by atomic mass is 10.0. The molecule has 0 N–H and O–H groups in total. The number of carbonyl (C=O) groups is 2. The Bertz CT molecular complexity index is 2000. The molecule has 0 aliphatic carbocycles. The second-order valence-electron chi connectivity index (χ2n) is 31.2. The van der Waals surface area contributed by atoms with Gasteiger partial charge >= 0.3 is 11.9 Å². The molecule has 0 radical (unpaired) electrons.